The molecule has 0 amide bonds. The van der Waals surface area contributed by atoms with E-state index in [4.69, 9.17) is 40.5 Å². The Morgan fingerprint density at radius 1 is 0.609 bits per heavy atom. The lowest BCUT2D eigenvalue weighted by molar-refractivity contribution is -0.0323. The third-order valence-electron chi connectivity index (χ3n) is 2.62. The molecule has 0 fully saturated rings. The third-order valence-corrected chi connectivity index (χ3v) is 2.62. The van der Waals surface area contributed by atoms with Gasteiger partial charge in [0.15, 0.2) is 0 Å². The molecule has 2 N–H and O–H groups in total. The number of nitrogens with two attached hydrogens (primary N) is 1. The summed E-state index contributed by atoms with van der Waals surface area (Å²) in [5.74, 6) is 0. The summed E-state index contributed by atoms with van der Waals surface area (Å²) in [5.41, 5.74) is 5.35. The Morgan fingerprint density at radius 2 is 0.957 bits per heavy atom. The van der Waals surface area contributed by atoms with Crippen LogP contribution in [-0.2, 0) is 18.9 Å². The molecule has 0 radical (unpaired) electrons. The van der Waals surface area contributed by atoms with E-state index in [0.717, 1.165) is 0 Å². The van der Waals surface area contributed by atoms with Gasteiger partial charge in [-0.3, -0.25) is 0 Å². The van der Waals surface area contributed by atoms with Crippen LogP contribution in [0.3, 0.4) is 0 Å². The second kappa shape index (κ2) is 15.2. The molecule has 0 aromatic heterocycles. The Morgan fingerprint density at radius 3 is 1.39 bits per heavy atom. The second-order valence-corrected chi connectivity index (χ2v) is 4.86. The predicted molar refractivity (Wildman–Crippen MR) is 80.9 cm³/mol. The zero-order valence-electron chi connectivity index (χ0n) is 13.3. The fourth-order valence-corrected chi connectivity index (χ4v) is 1.52. The number of hydrogen-bond donors (Lipinski definition) is 1. The predicted octanol–water partition coefficient (Wildman–Crippen LogP) is 0.491. The van der Waals surface area contributed by atoms with E-state index in [9.17, 15) is 0 Å². The van der Waals surface area contributed by atoms with Gasteiger partial charge in [0.2, 0.25) is 0 Å². The smallest absolute Gasteiger partial charge is 0.0865 e. The first-order valence-corrected chi connectivity index (χ1v) is 7.39. The fourth-order valence-electron chi connectivity index (χ4n) is 1.52. The molecule has 0 aliphatic heterocycles. The van der Waals surface area contributed by atoms with Crippen molar-refractivity contribution in [2.45, 2.75) is 24.8 Å². The molecular formula is C15H24N4O4. The average molecular weight is 324 g/mol. The van der Waals surface area contributed by atoms with Gasteiger partial charge in [-0.25, -0.2) is 0 Å². The topological polar surface area (TPSA) is 134 Å². The summed E-state index contributed by atoms with van der Waals surface area (Å²) in [6.45, 7) is 2.28. The van der Waals surface area contributed by atoms with Gasteiger partial charge < -0.3 is 24.7 Å². The standard InChI is InChI=1S/C15H24N4O4/c16-4-1-7-20-10-11-23-14-15(19,12-21-8-2-5-17)13-22-9-3-6-18/h1-3,7-14,19H2. The van der Waals surface area contributed by atoms with Crippen LogP contribution in [0.2, 0.25) is 0 Å². The minimum atomic E-state index is -0.850. The Labute approximate surface area is 137 Å². The average Bonchev–Trinajstić information content (AvgIpc) is 2.55. The second-order valence-electron chi connectivity index (χ2n) is 4.86. The number of hydrogen-bond acceptors (Lipinski definition) is 8. The first-order valence-electron chi connectivity index (χ1n) is 7.39. The molecule has 0 aliphatic carbocycles. The van der Waals surface area contributed by atoms with Crippen molar-refractivity contribution in [3.8, 4) is 18.2 Å². The summed E-state index contributed by atoms with van der Waals surface area (Å²) < 4.78 is 21.4. The SMILES string of the molecule is N#CCCOCCOCC(N)(COCCC#N)COCCC#N. The minimum Gasteiger partial charge on any atom is -0.378 e. The number of ether oxygens (including phenoxy) is 4. The zero-order chi connectivity index (χ0) is 17.2. The Kier molecular flexibility index (Phi) is 14.0. The number of nitriles is 3. The lowest BCUT2D eigenvalue weighted by atomic mass is 10.1. The van der Waals surface area contributed by atoms with Crippen molar-refractivity contribution >= 4 is 0 Å². The zero-order valence-corrected chi connectivity index (χ0v) is 13.3. The summed E-state index contributed by atoms with van der Waals surface area (Å²) in [7, 11) is 0. The van der Waals surface area contributed by atoms with Gasteiger partial charge in [0, 0.05) is 0 Å². The van der Waals surface area contributed by atoms with Gasteiger partial charge in [0.25, 0.3) is 0 Å². The fraction of sp³-hybridized carbons (Fsp3) is 0.800. The molecule has 0 aliphatic rings. The van der Waals surface area contributed by atoms with E-state index in [-0.39, 0.29) is 19.8 Å². The van der Waals surface area contributed by atoms with Crippen molar-refractivity contribution in [2.75, 3.05) is 52.9 Å². The first kappa shape index (κ1) is 21.3. The first-order chi connectivity index (χ1) is 11.2. The molecule has 128 valence electrons. The lowest BCUT2D eigenvalue weighted by Crippen LogP contribution is -2.53. The Bertz CT molecular complexity index is 389. The van der Waals surface area contributed by atoms with E-state index < -0.39 is 5.54 Å². The number of nitrogens with zero attached hydrogens (tertiary/aromatic N) is 3. The molecule has 8 nitrogen and oxygen atoms in total. The highest BCUT2D eigenvalue weighted by Gasteiger charge is 2.26. The normalized spacial score (nSPS) is 10.7. The van der Waals surface area contributed by atoms with Crippen LogP contribution in [-0.4, -0.2) is 58.4 Å². The van der Waals surface area contributed by atoms with Crippen LogP contribution in [0.25, 0.3) is 0 Å². The van der Waals surface area contributed by atoms with Crippen molar-refractivity contribution in [1.82, 2.24) is 0 Å². The molecule has 0 heterocycles. The van der Waals surface area contributed by atoms with Crippen LogP contribution in [0.5, 0.6) is 0 Å². The highest BCUT2D eigenvalue weighted by molar-refractivity contribution is 4.84. The maximum atomic E-state index is 8.48. The van der Waals surface area contributed by atoms with Crippen molar-refractivity contribution in [2.24, 2.45) is 5.73 Å². The Hall–Kier alpha value is -1.73. The number of rotatable bonds is 15. The summed E-state index contributed by atoms with van der Waals surface area (Å²) in [4.78, 5) is 0. The van der Waals surface area contributed by atoms with Crippen LogP contribution >= 0.6 is 0 Å². The summed E-state index contributed by atoms with van der Waals surface area (Å²) >= 11 is 0. The van der Waals surface area contributed by atoms with Gasteiger partial charge in [-0.15, -0.1) is 0 Å². The molecule has 0 unspecified atom stereocenters. The molecule has 23 heavy (non-hydrogen) atoms. The largest absolute Gasteiger partial charge is 0.378 e. The van der Waals surface area contributed by atoms with Gasteiger partial charge >= 0.3 is 0 Å². The molecule has 0 aromatic carbocycles. The summed E-state index contributed by atoms with van der Waals surface area (Å²) in [6.07, 6.45) is 0.929. The molecule has 8 heteroatoms. The van der Waals surface area contributed by atoms with Crippen LogP contribution < -0.4 is 5.73 Å². The summed E-state index contributed by atoms with van der Waals surface area (Å²) in [5, 5.41) is 25.3. The van der Waals surface area contributed by atoms with Gasteiger partial charge in [0.05, 0.1) is 95.9 Å². The molecule has 0 saturated carbocycles. The van der Waals surface area contributed by atoms with Gasteiger partial charge in [-0.2, -0.15) is 15.8 Å². The van der Waals surface area contributed by atoms with Crippen LogP contribution in [0.15, 0.2) is 0 Å². The molecule has 0 rings (SSSR count). The third kappa shape index (κ3) is 13.6. The molecule has 0 saturated heterocycles. The highest BCUT2D eigenvalue weighted by Crippen LogP contribution is 2.05. The maximum Gasteiger partial charge on any atom is 0.0865 e. The van der Waals surface area contributed by atoms with Crippen molar-refractivity contribution < 1.29 is 18.9 Å². The maximum absolute atomic E-state index is 8.48. The monoisotopic (exact) mass is 324 g/mol. The Balaban J connectivity index is 4.02. The molecule has 0 atom stereocenters. The van der Waals surface area contributed by atoms with E-state index in [1.54, 1.807) is 0 Å². The summed E-state index contributed by atoms with van der Waals surface area (Å²) in [6, 6.07) is 5.96. The van der Waals surface area contributed by atoms with E-state index in [0.29, 0.717) is 52.3 Å². The van der Waals surface area contributed by atoms with Crippen molar-refractivity contribution in [3.63, 3.8) is 0 Å². The van der Waals surface area contributed by atoms with E-state index in [1.165, 1.54) is 0 Å². The minimum absolute atomic E-state index is 0.191. The van der Waals surface area contributed by atoms with Crippen LogP contribution in [0, 0.1) is 34.0 Å². The quantitative estimate of drug-likeness (QED) is 0.430. The molecule has 0 bridgehead atoms. The van der Waals surface area contributed by atoms with Gasteiger partial charge in [-0.1, -0.05) is 0 Å². The van der Waals surface area contributed by atoms with Crippen LogP contribution in [0.1, 0.15) is 19.3 Å². The van der Waals surface area contributed by atoms with Crippen molar-refractivity contribution in [1.29, 1.82) is 15.8 Å². The van der Waals surface area contributed by atoms with E-state index in [1.807, 2.05) is 18.2 Å². The molecule has 0 spiro atoms. The van der Waals surface area contributed by atoms with Gasteiger partial charge in [0.1, 0.15) is 0 Å². The van der Waals surface area contributed by atoms with E-state index in [2.05, 4.69) is 0 Å². The lowest BCUT2D eigenvalue weighted by Gasteiger charge is -2.28. The van der Waals surface area contributed by atoms with Crippen LogP contribution in [0.4, 0.5) is 0 Å². The van der Waals surface area contributed by atoms with Gasteiger partial charge in [-0.05, 0) is 0 Å². The molecular weight excluding hydrogens is 300 g/mol. The highest BCUT2D eigenvalue weighted by atomic mass is 16.5. The molecule has 0 aromatic rings. The van der Waals surface area contributed by atoms with Crippen molar-refractivity contribution in [3.05, 3.63) is 0 Å². The van der Waals surface area contributed by atoms with E-state index >= 15 is 0 Å².